The summed E-state index contributed by atoms with van der Waals surface area (Å²) in [5.41, 5.74) is 2.77. The van der Waals surface area contributed by atoms with Gasteiger partial charge in [-0.25, -0.2) is 0 Å². The Morgan fingerprint density at radius 2 is 2.07 bits per heavy atom. The lowest BCUT2D eigenvalue weighted by Crippen LogP contribution is -2.25. The van der Waals surface area contributed by atoms with Crippen molar-refractivity contribution < 1.29 is 4.79 Å². The SMILES string of the molecule is Cc1ccc(-n2cnnc2SCC(=O)NCC#Cc2ccccc2)cc1Cl. The molecule has 1 heterocycles. The van der Waals surface area contributed by atoms with Crippen molar-refractivity contribution in [3.63, 3.8) is 0 Å². The third-order valence-electron chi connectivity index (χ3n) is 3.66. The third kappa shape index (κ3) is 5.36. The lowest BCUT2D eigenvalue weighted by atomic mass is 10.2. The molecule has 136 valence electrons. The molecule has 1 aromatic heterocycles. The number of carbonyl (C=O) groups is 1. The summed E-state index contributed by atoms with van der Waals surface area (Å²) in [5, 5.41) is 12.1. The number of halogens is 1. The van der Waals surface area contributed by atoms with Crippen molar-refractivity contribution in [2.45, 2.75) is 12.1 Å². The molecule has 0 aliphatic heterocycles. The standard InChI is InChI=1S/C20H17ClN4OS/c1-15-9-10-17(12-18(15)21)25-14-23-24-20(25)27-13-19(26)22-11-5-8-16-6-3-2-4-7-16/h2-4,6-7,9-10,12,14H,11,13H2,1H3,(H,22,26). The number of nitrogens with zero attached hydrogens (tertiary/aromatic N) is 3. The van der Waals surface area contributed by atoms with Gasteiger partial charge >= 0.3 is 0 Å². The van der Waals surface area contributed by atoms with E-state index in [1.807, 2.05) is 55.5 Å². The average Bonchev–Trinajstić information content (AvgIpc) is 3.15. The van der Waals surface area contributed by atoms with Gasteiger partial charge in [0, 0.05) is 10.6 Å². The molecule has 0 aliphatic carbocycles. The first-order valence-electron chi connectivity index (χ1n) is 8.23. The van der Waals surface area contributed by atoms with Gasteiger partial charge in [-0.15, -0.1) is 10.2 Å². The van der Waals surface area contributed by atoms with Crippen LogP contribution >= 0.6 is 23.4 Å². The molecule has 0 saturated carbocycles. The van der Waals surface area contributed by atoms with Crippen LogP contribution in [0.4, 0.5) is 0 Å². The molecule has 2 aromatic carbocycles. The van der Waals surface area contributed by atoms with Gasteiger partial charge in [0.25, 0.3) is 0 Å². The van der Waals surface area contributed by atoms with Crippen molar-refractivity contribution in [2.24, 2.45) is 0 Å². The number of amides is 1. The molecule has 1 N–H and O–H groups in total. The molecule has 5 nitrogen and oxygen atoms in total. The van der Waals surface area contributed by atoms with E-state index in [4.69, 9.17) is 11.6 Å². The van der Waals surface area contributed by atoms with Crippen molar-refractivity contribution in [1.29, 1.82) is 0 Å². The Morgan fingerprint density at radius 3 is 2.85 bits per heavy atom. The topological polar surface area (TPSA) is 59.8 Å². The zero-order valence-corrected chi connectivity index (χ0v) is 16.2. The molecule has 7 heteroatoms. The van der Waals surface area contributed by atoms with E-state index in [9.17, 15) is 4.79 Å². The van der Waals surface area contributed by atoms with Gasteiger partial charge in [0.05, 0.1) is 18.0 Å². The van der Waals surface area contributed by atoms with Gasteiger partial charge in [0.15, 0.2) is 5.16 Å². The zero-order valence-electron chi connectivity index (χ0n) is 14.6. The highest BCUT2D eigenvalue weighted by Gasteiger charge is 2.10. The fourth-order valence-corrected chi connectivity index (χ4v) is 3.16. The van der Waals surface area contributed by atoms with Crippen molar-refractivity contribution in [1.82, 2.24) is 20.1 Å². The highest BCUT2D eigenvalue weighted by atomic mass is 35.5. The molecule has 0 radical (unpaired) electrons. The summed E-state index contributed by atoms with van der Waals surface area (Å²) < 4.78 is 1.80. The van der Waals surface area contributed by atoms with E-state index in [1.54, 1.807) is 10.9 Å². The lowest BCUT2D eigenvalue weighted by molar-refractivity contribution is -0.118. The van der Waals surface area contributed by atoms with Crippen LogP contribution in [0.5, 0.6) is 0 Å². The van der Waals surface area contributed by atoms with Gasteiger partial charge in [-0.3, -0.25) is 9.36 Å². The highest BCUT2D eigenvalue weighted by Crippen LogP contribution is 2.23. The van der Waals surface area contributed by atoms with Crippen molar-refractivity contribution >= 4 is 29.3 Å². The number of aryl methyl sites for hydroxylation is 1. The molecule has 0 unspecified atom stereocenters. The molecule has 3 aromatic rings. The monoisotopic (exact) mass is 396 g/mol. The molecular weight excluding hydrogens is 380 g/mol. The summed E-state index contributed by atoms with van der Waals surface area (Å²) in [4.78, 5) is 12.0. The highest BCUT2D eigenvalue weighted by molar-refractivity contribution is 7.99. The summed E-state index contributed by atoms with van der Waals surface area (Å²) in [6.07, 6.45) is 1.60. The minimum Gasteiger partial charge on any atom is -0.344 e. The number of hydrogen-bond donors (Lipinski definition) is 1. The van der Waals surface area contributed by atoms with Gasteiger partial charge in [-0.05, 0) is 36.8 Å². The van der Waals surface area contributed by atoms with E-state index >= 15 is 0 Å². The van der Waals surface area contributed by atoms with Crippen LogP contribution in [-0.2, 0) is 4.79 Å². The van der Waals surface area contributed by atoms with Crippen molar-refractivity contribution in [3.05, 3.63) is 71.0 Å². The number of carbonyl (C=O) groups excluding carboxylic acids is 1. The fourth-order valence-electron chi connectivity index (χ4n) is 2.22. The van der Waals surface area contributed by atoms with E-state index in [-0.39, 0.29) is 11.7 Å². The average molecular weight is 397 g/mol. The molecule has 0 aliphatic rings. The molecule has 3 rings (SSSR count). The minimum atomic E-state index is -0.112. The Labute approximate surface area is 167 Å². The minimum absolute atomic E-state index is 0.112. The van der Waals surface area contributed by atoms with E-state index < -0.39 is 0 Å². The molecule has 0 atom stereocenters. The third-order valence-corrected chi connectivity index (χ3v) is 5.01. The number of benzene rings is 2. The Morgan fingerprint density at radius 1 is 1.26 bits per heavy atom. The van der Waals surface area contributed by atoms with E-state index in [0.717, 1.165) is 16.8 Å². The van der Waals surface area contributed by atoms with E-state index in [0.29, 0.717) is 16.7 Å². The van der Waals surface area contributed by atoms with Gasteiger partial charge in [-0.1, -0.05) is 59.5 Å². The molecule has 0 spiro atoms. The smallest absolute Gasteiger partial charge is 0.231 e. The van der Waals surface area contributed by atoms with Crippen LogP contribution in [0.1, 0.15) is 11.1 Å². The van der Waals surface area contributed by atoms with E-state index in [2.05, 4.69) is 27.4 Å². The molecule has 0 fully saturated rings. The quantitative estimate of drug-likeness (QED) is 0.529. The maximum Gasteiger partial charge on any atom is 0.231 e. The number of nitrogens with one attached hydrogen (secondary N) is 1. The number of rotatable bonds is 5. The van der Waals surface area contributed by atoms with Gasteiger partial charge < -0.3 is 5.32 Å². The first-order chi connectivity index (χ1) is 13.1. The summed E-state index contributed by atoms with van der Waals surface area (Å²) >= 11 is 7.50. The predicted molar refractivity (Wildman–Crippen MR) is 108 cm³/mol. The first kappa shape index (κ1) is 19.0. The largest absolute Gasteiger partial charge is 0.344 e. The Balaban J connectivity index is 1.53. The van der Waals surface area contributed by atoms with Gasteiger partial charge in [0.2, 0.25) is 5.91 Å². The normalized spacial score (nSPS) is 10.1. The molecule has 0 bridgehead atoms. The summed E-state index contributed by atoms with van der Waals surface area (Å²) in [6.45, 7) is 2.24. The van der Waals surface area contributed by atoms with Crippen LogP contribution in [0.3, 0.4) is 0 Å². The second-order valence-electron chi connectivity index (χ2n) is 5.65. The van der Waals surface area contributed by atoms with Crippen LogP contribution in [0.2, 0.25) is 5.02 Å². The summed E-state index contributed by atoms with van der Waals surface area (Å²) in [5.74, 6) is 6.05. The van der Waals surface area contributed by atoms with Gasteiger partial charge in [-0.2, -0.15) is 0 Å². The summed E-state index contributed by atoms with van der Waals surface area (Å²) in [6, 6.07) is 15.4. The molecule has 1 amide bonds. The second-order valence-corrected chi connectivity index (χ2v) is 7.00. The molecule has 27 heavy (non-hydrogen) atoms. The van der Waals surface area contributed by atoms with Crippen molar-refractivity contribution in [2.75, 3.05) is 12.3 Å². The molecular formula is C20H17ClN4OS. The Kier molecular flexibility index (Phi) is 6.53. The van der Waals surface area contributed by atoms with Crippen LogP contribution in [0.25, 0.3) is 5.69 Å². The van der Waals surface area contributed by atoms with Crippen LogP contribution in [0, 0.1) is 18.8 Å². The Bertz CT molecular complexity index is 992. The lowest BCUT2D eigenvalue weighted by Gasteiger charge is -2.07. The van der Waals surface area contributed by atoms with Crippen LogP contribution in [0.15, 0.2) is 60.0 Å². The maximum atomic E-state index is 12.0. The maximum absolute atomic E-state index is 12.0. The van der Waals surface area contributed by atoms with E-state index in [1.165, 1.54) is 11.8 Å². The van der Waals surface area contributed by atoms with Crippen LogP contribution in [-0.4, -0.2) is 33.0 Å². The van der Waals surface area contributed by atoms with Crippen molar-refractivity contribution in [3.8, 4) is 17.5 Å². The summed E-state index contributed by atoms with van der Waals surface area (Å²) in [7, 11) is 0. The van der Waals surface area contributed by atoms with Gasteiger partial charge in [0.1, 0.15) is 6.33 Å². The fraction of sp³-hybridized carbons (Fsp3) is 0.150. The second kappa shape index (κ2) is 9.26. The first-order valence-corrected chi connectivity index (χ1v) is 9.60. The predicted octanol–water partition coefficient (Wildman–Crippen LogP) is 3.49. The van der Waals surface area contributed by atoms with Crippen LogP contribution < -0.4 is 5.32 Å². The Hall–Kier alpha value is -2.75. The number of aromatic nitrogens is 3. The number of hydrogen-bond acceptors (Lipinski definition) is 4. The molecule has 0 saturated heterocycles. The number of thioether (sulfide) groups is 1. The zero-order chi connectivity index (χ0) is 19.1.